The molecule has 1 rings (SSSR count). The van der Waals surface area contributed by atoms with Crippen molar-refractivity contribution in [3.05, 3.63) is 48.2 Å². The van der Waals surface area contributed by atoms with E-state index in [1.807, 2.05) is 0 Å². The van der Waals surface area contributed by atoms with Crippen LogP contribution in [-0.2, 0) is 0 Å². The van der Waals surface area contributed by atoms with Crippen LogP contribution in [0.4, 0.5) is 0 Å². The standard InChI is InChI=1S/C18H29N/c1-5-7-8-11-18-12-9-10-13-19(6-2)17(4)14-16(3)15-18/h7-9,12,15-16H,4-6,10-11,13-14H2,1-3H3/b8-7+,12-9-,18-15-. The summed E-state index contributed by atoms with van der Waals surface area (Å²) in [5, 5.41) is 0. The molecule has 0 aromatic rings. The van der Waals surface area contributed by atoms with E-state index in [2.05, 4.69) is 62.6 Å². The van der Waals surface area contributed by atoms with Gasteiger partial charge in [-0.2, -0.15) is 0 Å². The number of rotatable bonds is 4. The zero-order chi connectivity index (χ0) is 14.1. The van der Waals surface area contributed by atoms with Crippen molar-refractivity contribution < 1.29 is 0 Å². The predicted molar refractivity (Wildman–Crippen MR) is 86.1 cm³/mol. The van der Waals surface area contributed by atoms with Gasteiger partial charge in [0.1, 0.15) is 0 Å². The van der Waals surface area contributed by atoms with Crippen LogP contribution in [0.15, 0.2) is 48.2 Å². The summed E-state index contributed by atoms with van der Waals surface area (Å²) in [5.74, 6) is 0.564. The zero-order valence-electron chi connectivity index (χ0n) is 12.9. The molecule has 19 heavy (non-hydrogen) atoms. The molecule has 0 radical (unpaired) electrons. The Morgan fingerprint density at radius 1 is 1.37 bits per heavy atom. The SMILES string of the molecule is C=C1CC(C)/C=C(C/C=C/CC)\C=C/CCN1CC. The molecule has 0 aliphatic carbocycles. The number of hydrogen-bond acceptors (Lipinski definition) is 1. The fourth-order valence-corrected chi connectivity index (χ4v) is 2.51. The Morgan fingerprint density at radius 3 is 2.84 bits per heavy atom. The minimum Gasteiger partial charge on any atom is -0.375 e. The summed E-state index contributed by atoms with van der Waals surface area (Å²) >= 11 is 0. The molecule has 0 amide bonds. The van der Waals surface area contributed by atoms with E-state index in [0.717, 1.165) is 38.8 Å². The van der Waals surface area contributed by atoms with Gasteiger partial charge in [0, 0.05) is 18.8 Å². The Kier molecular flexibility index (Phi) is 7.32. The lowest BCUT2D eigenvalue weighted by atomic mass is 9.98. The lowest BCUT2D eigenvalue weighted by Gasteiger charge is -2.27. The number of hydrogen-bond donors (Lipinski definition) is 0. The second kappa shape index (κ2) is 8.79. The maximum atomic E-state index is 4.25. The third kappa shape index (κ3) is 5.96. The minimum absolute atomic E-state index is 0.564. The van der Waals surface area contributed by atoms with E-state index in [1.165, 1.54) is 11.3 Å². The molecule has 0 aromatic carbocycles. The van der Waals surface area contributed by atoms with Gasteiger partial charge >= 0.3 is 0 Å². The van der Waals surface area contributed by atoms with E-state index >= 15 is 0 Å². The van der Waals surface area contributed by atoms with Crippen LogP contribution in [-0.4, -0.2) is 18.0 Å². The van der Waals surface area contributed by atoms with Crippen molar-refractivity contribution in [2.24, 2.45) is 5.92 Å². The lowest BCUT2D eigenvalue weighted by molar-refractivity contribution is 0.348. The molecule has 1 unspecified atom stereocenters. The first-order chi connectivity index (χ1) is 9.17. The second-order valence-electron chi connectivity index (χ2n) is 5.34. The van der Waals surface area contributed by atoms with Crippen molar-refractivity contribution in [3.63, 3.8) is 0 Å². The molecular formula is C18H29N. The molecule has 1 atom stereocenters. The fourth-order valence-electron chi connectivity index (χ4n) is 2.51. The minimum atomic E-state index is 0.564. The maximum Gasteiger partial charge on any atom is 0.0209 e. The van der Waals surface area contributed by atoms with Crippen LogP contribution in [0.25, 0.3) is 0 Å². The Balaban J connectivity index is 2.74. The van der Waals surface area contributed by atoms with Gasteiger partial charge in [-0.15, -0.1) is 0 Å². The summed E-state index contributed by atoms with van der Waals surface area (Å²) in [6, 6.07) is 0. The largest absolute Gasteiger partial charge is 0.375 e. The van der Waals surface area contributed by atoms with Crippen LogP contribution in [0.1, 0.15) is 46.5 Å². The lowest BCUT2D eigenvalue weighted by Crippen LogP contribution is -2.24. The normalized spacial score (nSPS) is 26.3. The Bertz CT molecular complexity index is 360. The molecule has 1 heterocycles. The first-order valence-electron chi connectivity index (χ1n) is 7.62. The molecule has 1 aliphatic heterocycles. The summed E-state index contributed by atoms with van der Waals surface area (Å²) in [4.78, 5) is 2.40. The second-order valence-corrected chi connectivity index (χ2v) is 5.34. The summed E-state index contributed by atoms with van der Waals surface area (Å²) < 4.78 is 0. The van der Waals surface area contributed by atoms with Crippen molar-refractivity contribution in [2.75, 3.05) is 13.1 Å². The van der Waals surface area contributed by atoms with Crippen molar-refractivity contribution >= 4 is 0 Å². The summed E-state index contributed by atoms with van der Waals surface area (Å²) in [6.45, 7) is 13.1. The number of allylic oxidation sites excluding steroid dienone is 6. The van der Waals surface area contributed by atoms with Crippen molar-refractivity contribution in [1.82, 2.24) is 4.90 Å². The van der Waals surface area contributed by atoms with Gasteiger partial charge in [-0.25, -0.2) is 0 Å². The van der Waals surface area contributed by atoms with Crippen molar-refractivity contribution in [3.8, 4) is 0 Å². The fraction of sp³-hybridized carbons (Fsp3) is 0.556. The van der Waals surface area contributed by atoms with E-state index in [1.54, 1.807) is 0 Å². The molecule has 1 nitrogen and oxygen atoms in total. The molecule has 0 spiro atoms. The van der Waals surface area contributed by atoms with Gasteiger partial charge in [0.25, 0.3) is 0 Å². The summed E-state index contributed by atoms with van der Waals surface area (Å²) in [6.07, 6.45) is 15.9. The van der Waals surface area contributed by atoms with Crippen molar-refractivity contribution in [2.45, 2.75) is 46.5 Å². The van der Waals surface area contributed by atoms with Gasteiger partial charge < -0.3 is 4.90 Å². The average Bonchev–Trinajstić information content (AvgIpc) is 2.37. The first kappa shape index (κ1) is 15.8. The highest BCUT2D eigenvalue weighted by Crippen LogP contribution is 2.20. The van der Waals surface area contributed by atoms with E-state index in [4.69, 9.17) is 0 Å². The van der Waals surface area contributed by atoms with Gasteiger partial charge in [0.05, 0.1) is 0 Å². The molecule has 106 valence electrons. The highest BCUT2D eigenvalue weighted by atomic mass is 15.1. The topological polar surface area (TPSA) is 3.24 Å². The smallest absolute Gasteiger partial charge is 0.0209 e. The third-order valence-corrected chi connectivity index (χ3v) is 3.54. The maximum absolute atomic E-state index is 4.25. The highest BCUT2D eigenvalue weighted by molar-refractivity contribution is 5.23. The molecule has 0 N–H and O–H groups in total. The van der Waals surface area contributed by atoms with Crippen LogP contribution in [0, 0.1) is 5.92 Å². The van der Waals surface area contributed by atoms with Crippen LogP contribution < -0.4 is 0 Å². The zero-order valence-corrected chi connectivity index (χ0v) is 12.9. The monoisotopic (exact) mass is 259 g/mol. The van der Waals surface area contributed by atoms with Gasteiger partial charge in [0.15, 0.2) is 0 Å². The van der Waals surface area contributed by atoms with Gasteiger partial charge in [-0.05, 0) is 44.1 Å². The molecule has 0 aromatic heterocycles. The molecular weight excluding hydrogens is 230 g/mol. The molecule has 0 fully saturated rings. The van der Waals surface area contributed by atoms with Crippen LogP contribution >= 0.6 is 0 Å². The first-order valence-corrected chi connectivity index (χ1v) is 7.62. The molecule has 0 saturated heterocycles. The Labute approximate surface area is 119 Å². The highest BCUT2D eigenvalue weighted by Gasteiger charge is 2.09. The summed E-state index contributed by atoms with van der Waals surface area (Å²) in [5.41, 5.74) is 2.72. The molecule has 1 heteroatoms. The Hall–Kier alpha value is -1.24. The van der Waals surface area contributed by atoms with Crippen molar-refractivity contribution in [1.29, 1.82) is 0 Å². The summed E-state index contributed by atoms with van der Waals surface area (Å²) in [7, 11) is 0. The van der Waals surface area contributed by atoms with Crippen LogP contribution in [0.5, 0.6) is 0 Å². The molecule has 0 bridgehead atoms. The van der Waals surface area contributed by atoms with Gasteiger partial charge in [-0.3, -0.25) is 0 Å². The average molecular weight is 259 g/mol. The quantitative estimate of drug-likeness (QED) is 0.636. The van der Waals surface area contributed by atoms with E-state index in [9.17, 15) is 0 Å². The van der Waals surface area contributed by atoms with E-state index in [-0.39, 0.29) is 0 Å². The van der Waals surface area contributed by atoms with E-state index < -0.39 is 0 Å². The van der Waals surface area contributed by atoms with Gasteiger partial charge in [-0.1, -0.05) is 50.8 Å². The number of nitrogens with zero attached hydrogens (tertiary/aromatic N) is 1. The van der Waals surface area contributed by atoms with Crippen LogP contribution in [0.3, 0.4) is 0 Å². The molecule has 1 aliphatic rings. The van der Waals surface area contributed by atoms with Gasteiger partial charge in [0.2, 0.25) is 0 Å². The molecule has 0 saturated carbocycles. The van der Waals surface area contributed by atoms with Crippen LogP contribution in [0.2, 0.25) is 0 Å². The third-order valence-electron chi connectivity index (χ3n) is 3.54. The van der Waals surface area contributed by atoms with E-state index in [0.29, 0.717) is 5.92 Å². The Morgan fingerprint density at radius 2 is 2.16 bits per heavy atom. The predicted octanol–water partition coefficient (Wildman–Crippen LogP) is 5.09.